The third-order valence-corrected chi connectivity index (χ3v) is 9.90. The van der Waals surface area contributed by atoms with E-state index >= 15 is 0 Å². The number of aliphatic hydroxyl groups is 1. The molecule has 0 radical (unpaired) electrons. The standard InChI is InChI=1S/C43H58NO2/c1-10-43(9)25-13-17-35(5)39(43)21-19-32(2)14-11-16-34(4)30-38-31-37(24-27-44(38)28-29-45)18-12-15-33(3)20-22-40-36(6)41(46)23-26-42(40,7)8/h11-12,14-16,18-22,24,27,30-31,45H,10,13,17,23,25-26,28-29H2,1-9H3/q+1/b16-11+,18-12+,21-19+,22-20+,32-14+,33-15+,34-30+. The van der Waals surface area contributed by atoms with Crippen LogP contribution in [0.2, 0.25) is 0 Å². The van der Waals surface area contributed by atoms with E-state index in [1.807, 2.05) is 13.1 Å². The van der Waals surface area contributed by atoms with Gasteiger partial charge in [-0.25, -0.2) is 0 Å². The molecule has 0 aromatic carbocycles. The second-order valence-corrected chi connectivity index (χ2v) is 14.2. The maximum absolute atomic E-state index is 12.3. The lowest BCUT2D eigenvalue weighted by molar-refractivity contribution is -0.699. The van der Waals surface area contributed by atoms with Crippen LogP contribution in [-0.4, -0.2) is 17.5 Å². The van der Waals surface area contributed by atoms with Gasteiger partial charge >= 0.3 is 0 Å². The van der Waals surface area contributed by atoms with Crippen molar-refractivity contribution in [2.45, 2.75) is 107 Å². The number of nitrogens with zero attached hydrogens (tertiary/aromatic N) is 1. The molecule has 1 N–H and O–H groups in total. The Labute approximate surface area is 279 Å². The average Bonchev–Trinajstić information content (AvgIpc) is 3.00. The molecule has 2 aliphatic rings. The van der Waals surface area contributed by atoms with Crippen molar-refractivity contribution in [2.24, 2.45) is 10.8 Å². The monoisotopic (exact) mass is 620 g/mol. The van der Waals surface area contributed by atoms with Crippen molar-refractivity contribution in [1.29, 1.82) is 0 Å². The Balaban J connectivity index is 1.74. The van der Waals surface area contributed by atoms with Crippen LogP contribution in [-0.2, 0) is 11.3 Å². The van der Waals surface area contributed by atoms with Crippen LogP contribution < -0.4 is 4.57 Å². The van der Waals surface area contributed by atoms with Crippen LogP contribution in [0.25, 0.3) is 12.2 Å². The van der Waals surface area contributed by atoms with Gasteiger partial charge in [-0.15, -0.1) is 0 Å². The molecule has 0 amide bonds. The number of ketones is 1. The summed E-state index contributed by atoms with van der Waals surface area (Å²) in [6.07, 6.45) is 32.2. The summed E-state index contributed by atoms with van der Waals surface area (Å²) in [5, 5.41) is 9.65. The zero-order valence-electron chi connectivity index (χ0n) is 30.0. The Morgan fingerprint density at radius 1 is 0.891 bits per heavy atom. The summed E-state index contributed by atoms with van der Waals surface area (Å²) < 4.78 is 2.08. The van der Waals surface area contributed by atoms with Gasteiger partial charge in [0.05, 0.1) is 0 Å². The minimum atomic E-state index is 0.0187. The number of hydrogen-bond donors (Lipinski definition) is 1. The summed E-state index contributed by atoms with van der Waals surface area (Å²) in [4.78, 5) is 12.3. The van der Waals surface area contributed by atoms with Crippen LogP contribution in [0.4, 0.5) is 0 Å². The Hall–Kier alpha value is -3.56. The lowest BCUT2D eigenvalue weighted by Crippen LogP contribution is -2.38. The number of carbonyl (C=O) groups is 1. The molecule has 0 spiro atoms. The Morgan fingerprint density at radius 2 is 1.57 bits per heavy atom. The molecule has 3 rings (SSSR count). The lowest BCUT2D eigenvalue weighted by atomic mass is 9.69. The molecule has 2 aliphatic carbocycles. The normalized spacial score (nSPS) is 22.1. The minimum Gasteiger partial charge on any atom is -0.390 e. The molecule has 3 heteroatoms. The van der Waals surface area contributed by atoms with Crippen molar-refractivity contribution >= 4 is 17.9 Å². The van der Waals surface area contributed by atoms with Crippen molar-refractivity contribution in [1.82, 2.24) is 0 Å². The zero-order valence-corrected chi connectivity index (χ0v) is 30.0. The van der Waals surface area contributed by atoms with E-state index in [1.54, 1.807) is 0 Å². The number of carbonyl (C=O) groups excluding carboxylic acids is 1. The van der Waals surface area contributed by atoms with E-state index in [2.05, 4.69) is 139 Å². The van der Waals surface area contributed by atoms with E-state index in [1.165, 1.54) is 42.4 Å². The SMILES string of the molecule is CCC1(C)CCCC(C)=C1/C=C/C(C)=C/C=C/C(C)=C/c1cc(/C=C/C=C(C)/C=C/C2=C(C)C(=O)CCC2(C)C)cc[n+]1CCO. The van der Waals surface area contributed by atoms with Crippen molar-refractivity contribution in [2.75, 3.05) is 6.61 Å². The maximum Gasteiger partial charge on any atom is 0.206 e. The Morgan fingerprint density at radius 3 is 2.24 bits per heavy atom. The van der Waals surface area contributed by atoms with Gasteiger partial charge in [0.15, 0.2) is 18.5 Å². The first-order chi connectivity index (χ1) is 21.8. The summed E-state index contributed by atoms with van der Waals surface area (Å²) in [5.41, 5.74) is 11.0. The van der Waals surface area contributed by atoms with Gasteiger partial charge in [0.25, 0.3) is 0 Å². The van der Waals surface area contributed by atoms with E-state index in [4.69, 9.17) is 0 Å². The molecule has 246 valence electrons. The number of allylic oxidation sites excluding steroid dienone is 16. The molecular formula is C43H58NO2+. The molecule has 1 aromatic rings. The van der Waals surface area contributed by atoms with Gasteiger partial charge in [-0.3, -0.25) is 4.79 Å². The number of Topliss-reactive ketones (excluding diaryl/α,β-unsaturated/α-hetero) is 1. The van der Waals surface area contributed by atoms with Gasteiger partial charge < -0.3 is 5.11 Å². The van der Waals surface area contributed by atoms with Crippen LogP contribution >= 0.6 is 0 Å². The molecular weight excluding hydrogens is 562 g/mol. The summed E-state index contributed by atoms with van der Waals surface area (Å²) >= 11 is 0. The van der Waals surface area contributed by atoms with E-state index < -0.39 is 0 Å². The van der Waals surface area contributed by atoms with Crippen molar-refractivity contribution in [3.63, 3.8) is 0 Å². The highest BCUT2D eigenvalue weighted by Gasteiger charge is 2.31. The third kappa shape index (κ3) is 10.2. The molecule has 3 nitrogen and oxygen atoms in total. The van der Waals surface area contributed by atoms with Crippen molar-refractivity contribution in [3.8, 4) is 0 Å². The molecule has 0 fully saturated rings. The fourth-order valence-corrected chi connectivity index (χ4v) is 6.58. The number of hydrogen-bond acceptors (Lipinski definition) is 2. The topological polar surface area (TPSA) is 41.2 Å². The molecule has 1 aromatic heterocycles. The predicted octanol–water partition coefficient (Wildman–Crippen LogP) is 10.6. The van der Waals surface area contributed by atoms with Gasteiger partial charge in [0.1, 0.15) is 6.61 Å². The third-order valence-electron chi connectivity index (χ3n) is 9.90. The average molecular weight is 621 g/mol. The molecule has 0 aliphatic heterocycles. The quantitative estimate of drug-likeness (QED) is 0.187. The zero-order chi connectivity index (χ0) is 33.9. The fraction of sp³-hybridized carbons (Fsp3) is 0.442. The van der Waals surface area contributed by atoms with E-state index in [9.17, 15) is 9.90 Å². The minimum absolute atomic E-state index is 0.0187. The summed E-state index contributed by atoms with van der Waals surface area (Å²) in [7, 11) is 0. The first kappa shape index (κ1) is 36.9. The van der Waals surface area contributed by atoms with E-state index in [-0.39, 0.29) is 17.8 Å². The summed E-state index contributed by atoms with van der Waals surface area (Å²) in [6.45, 7) is 20.4. The second-order valence-electron chi connectivity index (χ2n) is 14.2. The number of aliphatic hydroxyl groups excluding tert-OH is 1. The molecule has 46 heavy (non-hydrogen) atoms. The van der Waals surface area contributed by atoms with E-state index in [0.29, 0.717) is 18.4 Å². The molecule has 1 heterocycles. The molecule has 1 unspecified atom stereocenters. The van der Waals surface area contributed by atoms with E-state index in [0.717, 1.165) is 40.0 Å². The molecule has 1 atom stereocenters. The maximum atomic E-state index is 12.3. The van der Waals surface area contributed by atoms with Gasteiger partial charge in [-0.2, -0.15) is 4.57 Å². The van der Waals surface area contributed by atoms with Crippen LogP contribution in [0.15, 0.2) is 112 Å². The van der Waals surface area contributed by atoms with Crippen molar-refractivity contribution < 1.29 is 14.5 Å². The van der Waals surface area contributed by atoms with Gasteiger partial charge in [-0.1, -0.05) is 105 Å². The summed E-state index contributed by atoms with van der Waals surface area (Å²) in [6, 6.07) is 4.23. The number of aromatic nitrogens is 1. The van der Waals surface area contributed by atoms with Crippen molar-refractivity contribution in [3.05, 3.63) is 123 Å². The Kier molecular flexibility index (Phi) is 13.5. The predicted molar refractivity (Wildman–Crippen MR) is 197 cm³/mol. The highest BCUT2D eigenvalue weighted by molar-refractivity contribution is 5.97. The lowest BCUT2D eigenvalue weighted by Gasteiger charge is -2.35. The largest absolute Gasteiger partial charge is 0.390 e. The first-order valence-electron chi connectivity index (χ1n) is 17.1. The van der Waals surface area contributed by atoms with Crippen LogP contribution in [0.5, 0.6) is 0 Å². The van der Waals surface area contributed by atoms with Gasteiger partial charge in [0, 0.05) is 24.6 Å². The first-order valence-corrected chi connectivity index (χ1v) is 17.1. The molecule has 0 saturated heterocycles. The highest BCUT2D eigenvalue weighted by atomic mass is 16.3. The molecule has 0 saturated carbocycles. The second kappa shape index (κ2) is 16.8. The van der Waals surface area contributed by atoms with Gasteiger partial charge in [-0.05, 0) is 105 Å². The van der Waals surface area contributed by atoms with Gasteiger partial charge in [0.2, 0.25) is 5.69 Å². The number of rotatable bonds is 12. The Bertz CT molecular complexity index is 1550. The fourth-order valence-electron chi connectivity index (χ4n) is 6.58. The molecule has 0 bridgehead atoms. The smallest absolute Gasteiger partial charge is 0.206 e. The van der Waals surface area contributed by atoms with Crippen LogP contribution in [0.1, 0.15) is 112 Å². The van der Waals surface area contributed by atoms with Crippen LogP contribution in [0.3, 0.4) is 0 Å². The number of pyridine rings is 1. The highest BCUT2D eigenvalue weighted by Crippen LogP contribution is 2.44. The van der Waals surface area contributed by atoms with Crippen LogP contribution in [0, 0.1) is 10.8 Å². The summed E-state index contributed by atoms with van der Waals surface area (Å²) in [5.74, 6) is 0.264.